The number of thiophene rings is 1. The molecule has 1 saturated carbocycles. The normalized spacial score (nSPS) is 16.3. The van der Waals surface area contributed by atoms with E-state index in [4.69, 9.17) is 0 Å². The topological polar surface area (TPSA) is 29.9 Å². The van der Waals surface area contributed by atoms with Crippen LogP contribution in [-0.4, -0.2) is 15.6 Å². The van der Waals surface area contributed by atoms with Crippen molar-refractivity contribution in [3.8, 4) is 0 Å². The lowest BCUT2D eigenvalue weighted by Crippen LogP contribution is -2.18. The van der Waals surface area contributed by atoms with E-state index in [0.717, 1.165) is 18.2 Å². The third kappa shape index (κ3) is 2.58. The molecule has 0 amide bonds. The van der Waals surface area contributed by atoms with E-state index in [-0.39, 0.29) is 0 Å². The first kappa shape index (κ1) is 11.8. The van der Waals surface area contributed by atoms with E-state index in [9.17, 15) is 0 Å². The molecule has 2 heterocycles. The second-order valence-corrected chi connectivity index (χ2v) is 6.07. The summed E-state index contributed by atoms with van der Waals surface area (Å²) < 4.78 is 2.24. The van der Waals surface area contributed by atoms with E-state index in [1.807, 2.05) is 0 Å². The first-order chi connectivity index (χ1) is 8.81. The van der Waals surface area contributed by atoms with E-state index in [2.05, 4.69) is 45.5 Å². The van der Waals surface area contributed by atoms with Gasteiger partial charge in [0.15, 0.2) is 0 Å². The zero-order chi connectivity index (χ0) is 12.4. The van der Waals surface area contributed by atoms with E-state index in [1.54, 1.807) is 11.3 Å². The summed E-state index contributed by atoms with van der Waals surface area (Å²) in [5.74, 6) is 1.04. The number of aromatic nitrogens is 2. The molecule has 1 aliphatic carbocycles. The minimum Gasteiger partial charge on any atom is -0.353 e. The molecule has 0 radical (unpaired) electrons. The summed E-state index contributed by atoms with van der Waals surface area (Å²) >= 11 is 1.80. The molecule has 4 heteroatoms. The van der Waals surface area contributed by atoms with Gasteiger partial charge in [-0.05, 0) is 31.2 Å². The Hall–Kier alpha value is -1.29. The van der Waals surface area contributed by atoms with Crippen molar-refractivity contribution in [2.75, 3.05) is 5.32 Å². The van der Waals surface area contributed by atoms with Crippen molar-refractivity contribution < 1.29 is 0 Å². The van der Waals surface area contributed by atoms with E-state index in [1.165, 1.54) is 30.6 Å². The molecular weight excluding hydrogens is 242 g/mol. The highest BCUT2D eigenvalue weighted by Crippen LogP contribution is 2.23. The van der Waals surface area contributed by atoms with Crippen LogP contribution in [0.1, 0.15) is 36.3 Å². The second-order valence-electron chi connectivity index (χ2n) is 5.04. The Morgan fingerprint density at radius 3 is 3.00 bits per heavy atom. The molecule has 1 aliphatic rings. The Morgan fingerprint density at radius 1 is 1.44 bits per heavy atom. The fraction of sp³-hybridized carbons (Fsp3) is 0.500. The highest BCUT2D eigenvalue weighted by Gasteiger charge is 2.17. The van der Waals surface area contributed by atoms with Crippen molar-refractivity contribution in [2.45, 2.75) is 45.2 Å². The van der Waals surface area contributed by atoms with Gasteiger partial charge in [0.25, 0.3) is 0 Å². The van der Waals surface area contributed by atoms with Crippen LogP contribution in [0.15, 0.2) is 23.7 Å². The highest BCUT2D eigenvalue weighted by molar-refractivity contribution is 7.09. The third-order valence-electron chi connectivity index (χ3n) is 3.49. The number of aryl methyl sites for hydroxylation is 1. The Labute approximate surface area is 112 Å². The molecule has 0 saturated heterocycles. The molecule has 0 unspecified atom stereocenters. The van der Waals surface area contributed by atoms with Crippen LogP contribution in [0.3, 0.4) is 0 Å². The molecule has 0 spiro atoms. The SMILES string of the molecule is Cc1cn(Cc2cccs2)c(NC2CCCC2)n1. The van der Waals surface area contributed by atoms with Crippen molar-refractivity contribution in [1.82, 2.24) is 9.55 Å². The quantitative estimate of drug-likeness (QED) is 0.910. The molecule has 18 heavy (non-hydrogen) atoms. The number of hydrogen-bond acceptors (Lipinski definition) is 3. The van der Waals surface area contributed by atoms with Crippen LogP contribution in [-0.2, 0) is 6.54 Å². The first-order valence-corrected chi connectivity index (χ1v) is 7.52. The maximum Gasteiger partial charge on any atom is 0.203 e. The summed E-state index contributed by atoms with van der Waals surface area (Å²) in [5.41, 5.74) is 1.09. The molecule has 0 bridgehead atoms. The summed E-state index contributed by atoms with van der Waals surface area (Å²) in [4.78, 5) is 5.99. The Kier molecular flexibility index (Phi) is 3.37. The first-order valence-electron chi connectivity index (χ1n) is 6.64. The summed E-state index contributed by atoms with van der Waals surface area (Å²) in [6, 6.07) is 4.90. The third-order valence-corrected chi connectivity index (χ3v) is 4.35. The average molecular weight is 261 g/mol. The minimum atomic E-state index is 0.619. The number of imidazole rings is 1. The maximum absolute atomic E-state index is 4.61. The summed E-state index contributed by atoms with van der Waals surface area (Å²) in [7, 11) is 0. The molecule has 0 atom stereocenters. The fourth-order valence-corrected chi connectivity index (χ4v) is 3.31. The zero-order valence-electron chi connectivity index (χ0n) is 10.7. The summed E-state index contributed by atoms with van der Waals surface area (Å²) in [6.45, 7) is 2.98. The van der Waals surface area contributed by atoms with Crippen molar-refractivity contribution in [3.63, 3.8) is 0 Å². The molecule has 1 N–H and O–H groups in total. The van der Waals surface area contributed by atoms with Crippen molar-refractivity contribution in [3.05, 3.63) is 34.3 Å². The van der Waals surface area contributed by atoms with Gasteiger partial charge in [-0.2, -0.15) is 0 Å². The molecule has 3 nitrogen and oxygen atoms in total. The molecule has 0 aliphatic heterocycles. The monoisotopic (exact) mass is 261 g/mol. The van der Waals surface area contributed by atoms with Crippen molar-refractivity contribution in [1.29, 1.82) is 0 Å². The van der Waals surface area contributed by atoms with Crippen LogP contribution in [0.5, 0.6) is 0 Å². The Bertz CT molecular complexity index is 495. The minimum absolute atomic E-state index is 0.619. The van der Waals surface area contributed by atoms with Crippen molar-refractivity contribution >= 4 is 17.3 Å². The van der Waals surface area contributed by atoms with E-state index >= 15 is 0 Å². The summed E-state index contributed by atoms with van der Waals surface area (Å²) in [5, 5.41) is 5.73. The fourth-order valence-electron chi connectivity index (χ4n) is 2.61. The standard InChI is InChI=1S/C14H19N3S/c1-11-9-17(10-13-7-4-8-18-13)14(15-11)16-12-5-2-3-6-12/h4,7-9,12H,2-3,5-6,10H2,1H3,(H,15,16). The second kappa shape index (κ2) is 5.14. The lowest BCUT2D eigenvalue weighted by molar-refractivity contribution is 0.719. The van der Waals surface area contributed by atoms with Gasteiger partial charge < -0.3 is 9.88 Å². The number of rotatable bonds is 4. The number of anilines is 1. The lowest BCUT2D eigenvalue weighted by Gasteiger charge is -2.14. The van der Waals surface area contributed by atoms with Crippen LogP contribution < -0.4 is 5.32 Å². The molecule has 2 aromatic rings. The number of hydrogen-bond donors (Lipinski definition) is 1. The lowest BCUT2D eigenvalue weighted by atomic mass is 10.2. The van der Waals surface area contributed by atoms with Gasteiger partial charge in [0.1, 0.15) is 0 Å². The summed E-state index contributed by atoms with van der Waals surface area (Å²) in [6.07, 6.45) is 7.40. The van der Waals surface area contributed by atoms with Gasteiger partial charge in [-0.3, -0.25) is 0 Å². The predicted octanol–water partition coefficient (Wildman–Crippen LogP) is 3.66. The Balaban J connectivity index is 1.76. The van der Waals surface area contributed by atoms with Gasteiger partial charge >= 0.3 is 0 Å². The van der Waals surface area contributed by atoms with Crippen LogP contribution in [0.2, 0.25) is 0 Å². The van der Waals surface area contributed by atoms with Crippen LogP contribution in [0.4, 0.5) is 5.95 Å². The molecular formula is C14H19N3S. The van der Waals surface area contributed by atoms with Crippen LogP contribution in [0, 0.1) is 6.92 Å². The van der Waals surface area contributed by atoms with Crippen molar-refractivity contribution in [2.24, 2.45) is 0 Å². The molecule has 1 fully saturated rings. The largest absolute Gasteiger partial charge is 0.353 e. The van der Waals surface area contributed by atoms with Gasteiger partial charge in [0.2, 0.25) is 5.95 Å². The van der Waals surface area contributed by atoms with Gasteiger partial charge in [-0.15, -0.1) is 11.3 Å². The van der Waals surface area contributed by atoms with Gasteiger partial charge in [0.05, 0.1) is 12.2 Å². The maximum atomic E-state index is 4.61. The number of nitrogens with zero attached hydrogens (tertiary/aromatic N) is 2. The molecule has 96 valence electrons. The van der Waals surface area contributed by atoms with Gasteiger partial charge in [-0.1, -0.05) is 18.9 Å². The Morgan fingerprint density at radius 2 is 2.28 bits per heavy atom. The molecule has 3 rings (SSSR count). The van der Waals surface area contributed by atoms with E-state index < -0.39 is 0 Å². The van der Waals surface area contributed by atoms with Crippen LogP contribution >= 0.6 is 11.3 Å². The molecule has 2 aromatic heterocycles. The smallest absolute Gasteiger partial charge is 0.203 e. The highest BCUT2D eigenvalue weighted by atomic mass is 32.1. The zero-order valence-corrected chi connectivity index (χ0v) is 11.5. The van der Waals surface area contributed by atoms with Gasteiger partial charge in [0, 0.05) is 17.1 Å². The van der Waals surface area contributed by atoms with Gasteiger partial charge in [-0.25, -0.2) is 4.98 Å². The molecule has 0 aromatic carbocycles. The average Bonchev–Trinajstić information content (AvgIpc) is 3.03. The predicted molar refractivity (Wildman–Crippen MR) is 76.3 cm³/mol. The van der Waals surface area contributed by atoms with E-state index in [0.29, 0.717) is 6.04 Å². The van der Waals surface area contributed by atoms with Crippen LogP contribution in [0.25, 0.3) is 0 Å². The number of nitrogens with one attached hydrogen (secondary N) is 1.